The average Bonchev–Trinajstić information content (AvgIpc) is 2.66. The molecular formula is C13H21NSi. The number of benzene rings is 1. The fraction of sp³-hybridized carbons (Fsp3) is 0.538. The SMILES string of the molecule is CN1CCC[C@H]1[Si](C)(C)c1ccccc1. The Kier molecular flexibility index (Phi) is 2.98. The Bertz CT molecular complexity index is 321. The standard InChI is InChI=1S/C13H21NSi/c1-14-11-7-10-13(14)15(2,3)12-8-5-4-6-9-12/h4-6,8-9,13H,7,10-11H2,1-3H3/t13-/m1/s1. The normalized spacial score (nSPS) is 23.3. The molecule has 1 atom stereocenters. The highest BCUT2D eigenvalue weighted by Crippen LogP contribution is 2.24. The number of likely N-dealkylation sites (tertiary alicyclic amines) is 1. The van der Waals surface area contributed by atoms with Gasteiger partial charge in [0.2, 0.25) is 0 Å². The molecule has 82 valence electrons. The molecule has 0 amide bonds. The van der Waals surface area contributed by atoms with Gasteiger partial charge in [-0.3, -0.25) is 0 Å². The van der Waals surface area contributed by atoms with E-state index in [4.69, 9.17) is 0 Å². The second-order valence-corrected chi connectivity index (χ2v) is 9.91. The molecule has 0 saturated carbocycles. The summed E-state index contributed by atoms with van der Waals surface area (Å²) in [5, 5.41) is 1.60. The minimum Gasteiger partial charge on any atom is -0.306 e. The summed E-state index contributed by atoms with van der Waals surface area (Å²) in [6, 6.07) is 11.1. The van der Waals surface area contributed by atoms with E-state index in [-0.39, 0.29) is 0 Å². The first kappa shape index (κ1) is 10.9. The van der Waals surface area contributed by atoms with Crippen LogP contribution in [0.3, 0.4) is 0 Å². The topological polar surface area (TPSA) is 3.24 Å². The molecule has 1 nitrogen and oxygen atoms in total. The van der Waals surface area contributed by atoms with Crippen molar-refractivity contribution in [2.75, 3.05) is 13.6 Å². The van der Waals surface area contributed by atoms with Crippen LogP contribution in [-0.4, -0.2) is 32.2 Å². The first-order valence-corrected chi connectivity index (χ1v) is 8.96. The van der Waals surface area contributed by atoms with E-state index in [2.05, 4.69) is 55.4 Å². The summed E-state index contributed by atoms with van der Waals surface area (Å²) < 4.78 is 0. The molecule has 0 radical (unpaired) electrons. The molecule has 0 bridgehead atoms. The van der Waals surface area contributed by atoms with Crippen molar-refractivity contribution < 1.29 is 0 Å². The van der Waals surface area contributed by atoms with Crippen LogP contribution in [0.5, 0.6) is 0 Å². The average molecular weight is 219 g/mol. The summed E-state index contributed by atoms with van der Waals surface area (Å²) in [4.78, 5) is 2.57. The largest absolute Gasteiger partial charge is 0.306 e. The van der Waals surface area contributed by atoms with E-state index >= 15 is 0 Å². The van der Waals surface area contributed by atoms with E-state index in [0.717, 1.165) is 5.67 Å². The molecular weight excluding hydrogens is 198 g/mol. The Morgan fingerprint density at radius 1 is 1.20 bits per heavy atom. The van der Waals surface area contributed by atoms with Crippen molar-refractivity contribution in [1.82, 2.24) is 4.90 Å². The molecule has 1 fully saturated rings. The van der Waals surface area contributed by atoms with E-state index in [1.807, 2.05) is 0 Å². The van der Waals surface area contributed by atoms with Crippen molar-refractivity contribution in [2.45, 2.75) is 31.6 Å². The predicted octanol–water partition coefficient (Wildman–Crippen LogP) is 2.24. The molecule has 1 aliphatic rings. The Labute approximate surface area is 94.1 Å². The Hall–Kier alpha value is -0.603. The van der Waals surface area contributed by atoms with Gasteiger partial charge in [-0.25, -0.2) is 0 Å². The van der Waals surface area contributed by atoms with Crippen LogP contribution in [0.25, 0.3) is 0 Å². The van der Waals surface area contributed by atoms with E-state index in [9.17, 15) is 0 Å². The highest BCUT2D eigenvalue weighted by atomic mass is 28.3. The molecule has 1 aliphatic heterocycles. The predicted molar refractivity (Wildman–Crippen MR) is 69.2 cm³/mol. The van der Waals surface area contributed by atoms with E-state index in [0.29, 0.717) is 0 Å². The van der Waals surface area contributed by atoms with Crippen molar-refractivity contribution in [3.05, 3.63) is 30.3 Å². The third-order valence-electron chi connectivity index (χ3n) is 3.87. The van der Waals surface area contributed by atoms with Crippen LogP contribution in [0.2, 0.25) is 13.1 Å². The Morgan fingerprint density at radius 2 is 1.87 bits per heavy atom. The number of hydrogen-bond donors (Lipinski definition) is 0. The smallest absolute Gasteiger partial charge is 0.0986 e. The zero-order valence-electron chi connectivity index (χ0n) is 10.0. The van der Waals surface area contributed by atoms with Crippen LogP contribution in [0, 0.1) is 0 Å². The number of rotatable bonds is 2. The molecule has 0 aliphatic carbocycles. The fourth-order valence-electron chi connectivity index (χ4n) is 2.88. The van der Waals surface area contributed by atoms with E-state index in [1.54, 1.807) is 5.19 Å². The van der Waals surface area contributed by atoms with Gasteiger partial charge >= 0.3 is 0 Å². The van der Waals surface area contributed by atoms with Gasteiger partial charge in [0.1, 0.15) is 0 Å². The first-order chi connectivity index (χ1) is 7.12. The van der Waals surface area contributed by atoms with Crippen molar-refractivity contribution >= 4 is 13.3 Å². The minimum atomic E-state index is -1.28. The molecule has 2 heteroatoms. The molecule has 0 N–H and O–H groups in total. The quantitative estimate of drug-likeness (QED) is 0.690. The molecule has 1 aromatic carbocycles. The fourth-order valence-corrected chi connectivity index (χ4v) is 6.48. The van der Waals surface area contributed by atoms with Crippen LogP contribution in [0.4, 0.5) is 0 Å². The lowest BCUT2D eigenvalue weighted by Crippen LogP contribution is -2.56. The minimum absolute atomic E-state index is 0.833. The summed E-state index contributed by atoms with van der Waals surface area (Å²) in [6.45, 7) is 6.30. The van der Waals surface area contributed by atoms with Gasteiger partial charge in [-0.15, -0.1) is 0 Å². The van der Waals surface area contributed by atoms with Crippen molar-refractivity contribution in [3.63, 3.8) is 0 Å². The second kappa shape index (κ2) is 4.10. The highest BCUT2D eigenvalue weighted by molar-refractivity contribution is 6.91. The van der Waals surface area contributed by atoms with Gasteiger partial charge in [-0.05, 0) is 26.4 Å². The van der Waals surface area contributed by atoms with Crippen LogP contribution in [0.1, 0.15) is 12.8 Å². The van der Waals surface area contributed by atoms with Gasteiger partial charge in [-0.2, -0.15) is 0 Å². The lowest BCUT2D eigenvalue weighted by atomic mass is 10.4. The van der Waals surface area contributed by atoms with Crippen LogP contribution in [-0.2, 0) is 0 Å². The van der Waals surface area contributed by atoms with E-state index < -0.39 is 8.07 Å². The molecule has 0 unspecified atom stereocenters. The summed E-state index contributed by atoms with van der Waals surface area (Å²) in [7, 11) is 1.00. The molecule has 1 saturated heterocycles. The summed E-state index contributed by atoms with van der Waals surface area (Å²) in [5.41, 5.74) is 0.833. The second-order valence-electron chi connectivity index (χ2n) is 5.23. The van der Waals surface area contributed by atoms with Crippen LogP contribution >= 0.6 is 0 Å². The van der Waals surface area contributed by atoms with Gasteiger partial charge in [0, 0.05) is 5.67 Å². The summed E-state index contributed by atoms with van der Waals surface area (Å²) in [5.74, 6) is 0. The van der Waals surface area contributed by atoms with Crippen molar-refractivity contribution in [3.8, 4) is 0 Å². The number of hydrogen-bond acceptors (Lipinski definition) is 1. The molecule has 1 aromatic rings. The molecule has 15 heavy (non-hydrogen) atoms. The van der Waals surface area contributed by atoms with Crippen molar-refractivity contribution in [1.29, 1.82) is 0 Å². The van der Waals surface area contributed by atoms with Crippen molar-refractivity contribution in [2.24, 2.45) is 0 Å². The Balaban J connectivity index is 2.26. The number of nitrogens with zero attached hydrogens (tertiary/aromatic N) is 1. The van der Waals surface area contributed by atoms with Gasteiger partial charge in [0.25, 0.3) is 0 Å². The summed E-state index contributed by atoms with van der Waals surface area (Å²) >= 11 is 0. The van der Waals surface area contributed by atoms with Gasteiger partial charge in [0.05, 0.1) is 8.07 Å². The van der Waals surface area contributed by atoms with Gasteiger partial charge in [-0.1, -0.05) is 48.6 Å². The molecule has 0 spiro atoms. The Morgan fingerprint density at radius 3 is 2.40 bits per heavy atom. The third-order valence-corrected chi connectivity index (χ3v) is 8.09. The first-order valence-electron chi connectivity index (χ1n) is 5.88. The van der Waals surface area contributed by atoms with E-state index in [1.165, 1.54) is 19.4 Å². The zero-order chi connectivity index (χ0) is 10.9. The molecule has 1 heterocycles. The lowest BCUT2D eigenvalue weighted by molar-refractivity contribution is 0.376. The highest BCUT2D eigenvalue weighted by Gasteiger charge is 2.38. The van der Waals surface area contributed by atoms with Gasteiger partial charge in [0.15, 0.2) is 0 Å². The maximum atomic E-state index is 2.57. The molecule has 0 aromatic heterocycles. The lowest BCUT2D eigenvalue weighted by Gasteiger charge is -2.34. The third kappa shape index (κ3) is 2.01. The molecule has 2 rings (SSSR count). The zero-order valence-corrected chi connectivity index (χ0v) is 11.0. The maximum absolute atomic E-state index is 2.57. The summed E-state index contributed by atoms with van der Waals surface area (Å²) in [6.07, 6.45) is 2.77. The monoisotopic (exact) mass is 219 g/mol. The van der Waals surface area contributed by atoms with Crippen LogP contribution in [0.15, 0.2) is 30.3 Å². The van der Waals surface area contributed by atoms with Crippen LogP contribution < -0.4 is 5.19 Å². The maximum Gasteiger partial charge on any atom is 0.0986 e. The van der Waals surface area contributed by atoms with Gasteiger partial charge < -0.3 is 4.90 Å².